The molecule has 0 fully saturated rings. The number of ketones is 1. The van der Waals surface area contributed by atoms with Crippen molar-refractivity contribution in [1.29, 1.82) is 0 Å². The fourth-order valence-electron chi connectivity index (χ4n) is 2.83. The second-order valence-electron chi connectivity index (χ2n) is 6.18. The SMILES string of the molecule is CCCc1nc2cc(C)ccn2c1C(=O)Nc1ccc(C(C)=O)cc1. The van der Waals surface area contributed by atoms with Crippen molar-refractivity contribution in [3.63, 3.8) is 0 Å². The summed E-state index contributed by atoms with van der Waals surface area (Å²) in [5, 5.41) is 2.90. The lowest BCUT2D eigenvalue weighted by Crippen LogP contribution is -2.16. The van der Waals surface area contributed by atoms with E-state index < -0.39 is 0 Å². The van der Waals surface area contributed by atoms with Crippen molar-refractivity contribution in [2.24, 2.45) is 0 Å². The Hall–Kier alpha value is -2.95. The van der Waals surface area contributed by atoms with Crippen LogP contribution in [0.25, 0.3) is 5.65 Å². The molecule has 0 saturated heterocycles. The molecule has 5 nitrogen and oxygen atoms in total. The Kier molecular flexibility index (Phi) is 4.65. The number of benzene rings is 1. The number of amides is 1. The minimum absolute atomic E-state index is 0.000243. The predicted octanol–water partition coefficient (Wildman–Crippen LogP) is 4.05. The van der Waals surface area contributed by atoms with Gasteiger partial charge in [-0.15, -0.1) is 0 Å². The smallest absolute Gasteiger partial charge is 0.274 e. The summed E-state index contributed by atoms with van der Waals surface area (Å²) in [6, 6.07) is 10.8. The van der Waals surface area contributed by atoms with Crippen molar-refractivity contribution in [2.45, 2.75) is 33.6 Å². The summed E-state index contributed by atoms with van der Waals surface area (Å²) in [5.41, 5.74) is 4.51. The number of hydrogen-bond acceptors (Lipinski definition) is 3. The van der Waals surface area contributed by atoms with E-state index in [0.29, 0.717) is 16.9 Å². The van der Waals surface area contributed by atoms with Crippen LogP contribution in [0.1, 0.15) is 52.4 Å². The van der Waals surface area contributed by atoms with E-state index in [0.717, 1.165) is 29.7 Å². The van der Waals surface area contributed by atoms with Gasteiger partial charge in [-0.1, -0.05) is 13.3 Å². The molecule has 1 N–H and O–H groups in total. The number of fused-ring (bicyclic) bond motifs is 1. The Morgan fingerprint density at radius 1 is 1.16 bits per heavy atom. The standard InChI is InChI=1S/C20H21N3O2/c1-4-5-17-19(23-11-10-13(2)12-18(23)22-17)20(25)21-16-8-6-15(7-9-16)14(3)24/h6-12H,4-5H2,1-3H3,(H,21,25). The molecule has 3 rings (SSSR count). The Morgan fingerprint density at radius 2 is 1.88 bits per heavy atom. The summed E-state index contributed by atoms with van der Waals surface area (Å²) >= 11 is 0. The molecule has 0 saturated carbocycles. The predicted molar refractivity (Wildman–Crippen MR) is 98.3 cm³/mol. The van der Waals surface area contributed by atoms with Gasteiger partial charge >= 0.3 is 0 Å². The molecule has 2 heterocycles. The van der Waals surface area contributed by atoms with Crippen LogP contribution in [-0.4, -0.2) is 21.1 Å². The Labute approximate surface area is 146 Å². The van der Waals surface area contributed by atoms with Gasteiger partial charge in [0.05, 0.1) is 5.69 Å². The molecule has 5 heteroatoms. The molecule has 128 valence electrons. The summed E-state index contributed by atoms with van der Waals surface area (Å²) in [6.45, 7) is 5.59. The average molecular weight is 335 g/mol. The average Bonchev–Trinajstić information content (AvgIpc) is 2.92. The van der Waals surface area contributed by atoms with Crippen LogP contribution in [0.3, 0.4) is 0 Å². The van der Waals surface area contributed by atoms with E-state index in [1.54, 1.807) is 24.3 Å². The molecule has 3 aromatic rings. The molecule has 1 amide bonds. The number of aryl methyl sites for hydroxylation is 2. The molecule has 25 heavy (non-hydrogen) atoms. The number of pyridine rings is 1. The van der Waals surface area contributed by atoms with Crippen LogP contribution in [0, 0.1) is 6.92 Å². The van der Waals surface area contributed by atoms with Crippen LogP contribution in [-0.2, 0) is 6.42 Å². The molecule has 0 atom stereocenters. The molecule has 0 spiro atoms. The van der Waals surface area contributed by atoms with Crippen molar-refractivity contribution >= 4 is 23.0 Å². The second kappa shape index (κ2) is 6.89. The van der Waals surface area contributed by atoms with Gasteiger partial charge in [-0.05, 0) is 62.2 Å². The van der Waals surface area contributed by atoms with Crippen LogP contribution < -0.4 is 5.32 Å². The fraction of sp³-hybridized carbons (Fsp3) is 0.250. The zero-order valence-electron chi connectivity index (χ0n) is 14.7. The van der Waals surface area contributed by atoms with E-state index in [-0.39, 0.29) is 11.7 Å². The number of imidazole rings is 1. The molecule has 0 unspecified atom stereocenters. The summed E-state index contributed by atoms with van der Waals surface area (Å²) in [6.07, 6.45) is 3.54. The lowest BCUT2D eigenvalue weighted by molar-refractivity contribution is 0.101. The lowest BCUT2D eigenvalue weighted by atomic mass is 10.1. The number of hydrogen-bond donors (Lipinski definition) is 1. The first-order valence-corrected chi connectivity index (χ1v) is 8.39. The van der Waals surface area contributed by atoms with Crippen LogP contribution in [0.4, 0.5) is 5.69 Å². The maximum Gasteiger partial charge on any atom is 0.274 e. The largest absolute Gasteiger partial charge is 0.321 e. The number of carbonyl (C=O) groups excluding carboxylic acids is 2. The van der Waals surface area contributed by atoms with Gasteiger partial charge in [0.15, 0.2) is 5.78 Å². The third kappa shape index (κ3) is 3.45. The number of anilines is 1. The van der Waals surface area contributed by atoms with Gasteiger partial charge in [0.2, 0.25) is 0 Å². The fourth-order valence-corrected chi connectivity index (χ4v) is 2.83. The van der Waals surface area contributed by atoms with Crippen molar-refractivity contribution in [2.75, 3.05) is 5.32 Å². The van der Waals surface area contributed by atoms with Gasteiger partial charge in [0, 0.05) is 17.4 Å². The summed E-state index contributed by atoms with van der Waals surface area (Å²) in [4.78, 5) is 28.8. The Bertz CT molecular complexity index is 939. The van der Waals surface area contributed by atoms with Gasteiger partial charge in [0.25, 0.3) is 5.91 Å². The number of nitrogens with one attached hydrogen (secondary N) is 1. The number of nitrogens with zero attached hydrogens (tertiary/aromatic N) is 2. The Morgan fingerprint density at radius 3 is 2.52 bits per heavy atom. The van der Waals surface area contributed by atoms with Crippen molar-refractivity contribution in [1.82, 2.24) is 9.38 Å². The van der Waals surface area contributed by atoms with E-state index in [1.165, 1.54) is 6.92 Å². The number of rotatable bonds is 5. The van der Waals surface area contributed by atoms with E-state index in [1.807, 2.05) is 29.7 Å². The van der Waals surface area contributed by atoms with Gasteiger partial charge in [-0.2, -0.15) is 0 Å². The monoisotopic (exact) mass is 335 g/mol. The van der Waals surface area contributed by atoms with Gasteiger partial charge < -0.3 is 5.32 Å². The highest BCUT2D eigenvalue weighted by molar-refractivity contribution is 6.04. The molecule has 0 bridgehead atoms. The quantitative estimate of drug-likeness (QED) is 0.715. The van der Waals surface area contributed by atoms with Gasteiger partial charge in [-0.25, -0.2) is 4.98 Å². The van der Waals surface area contributed by atoms with Crippen LogP contribution in [0.2, 0.25) is 0 Å². The van der Waals surface area contributed by atoms with Gasteiger partial charge in [0.1, 0.15) is 11.3 Å². The molecular weight excluding hydrogens is 314 g/mol. The molecule has 0 radical (unpaired) electrons. The number of carbonyl (C=O) groups is 2. The number of aromatic nitrogens is 2. The first-order valence-electron chi connectivity index (χ1n) is 8.39. The highest BCUT2D eigenvalue weighted by Crippen LogP contribution is 2.18. The summed E-state index contributed by atoms with van der Waals surface area (Å²) in [5.74, 6) is -0.198. The topological polar surface area (TPSA) is 63.5 Å². The first kappa shape index (κ1) is 16.9. The normalized spacial score (nSPS) is 10.8. The summed E-state index contributed by atoms with van der Waals surface area (Å²) in [7, 11) is 0. The summed E-state index contributed by atoms with van der Waals surface area (Å²) < 4.78 is 1.83. The van der Waals surface area contributed by atoms with Crippen LogP contribution >= 0.6 is 0 Å². The third-order valence-corrected chi connectivity index (χ3v) is 4.11. The highest BCUT2D eigenvalue weighted by atomic mass is 16.2. The van der Waals surface area contributed by atoms with Crippen molar-refractivity contribution in [3.05, 3.63) is 65.1 Å². The minimum atomic E-state index is -0.199. The zero-order valence-corrected chi connectivity index (χ0v) is 14.7. The Balaban J connectivity index is 1.95. The maximum absolute atomic E-state index is 12.8. The zero-order chi connectivity index (χ0) is 18.0. The molecule has 0 aliphatic heterocycles. The number of Topliss-reactive ketones (excluding diaryl/α,β-unsaturated/α-hetero) is 1. The second-order valence-corrected chi connectivity index (χ2v) is 6.18. The first-order chi connectivity index (χ1) is 12.0. The molecule has 0 aliphatic carbocycles. The molecule has 1 aromatic carbocycles. The van der Waals surface area contributed by atoms with E-state index >= 15 is 0 Å². The van der Waals surface area contributed by atoms with Crippen LogP contribution in [0.5, 0.6) is 0 Å². The van der Waals surface area contributed by atoms with E-state index in [2.05, 4.69) is 17.2 Å². The molecular formula is C20H21N3O2. The third-order valence-electron chi connectivity index (χ3n) is 4.11. The van der Waals surface area contributed by atoms with Crippen molar-refractivity contribution in [3.8, 4) is 0 Å². The van der Waals surface area contributed by atoms with Crippen LogP contribution in [0.15, 0.2) is 42.6 Å². The maximum atomic E-state index is 12.8. The minimum Gasteiger partial charge on any atom is -0.321 e. The van der Waals surface area contributed by atoms with E-state index in [9.17, 15) is 9.59 Å². The molecule has 2 aromatic heterocycles. The highest BCUT2D eigenvalue weighted by Gasteiger charge is 2.19. The van der Waals surface area contributed by atoms with Crippen molar-refractivity contribution < 1.29 is 9.59 Å². The van der Waals surface area contributed by atoms with E-state index in [4.69, 9.17) is 0 Å². The molecule has 0 aliphatic rings. The lowest BCUT2D eigenvalue weighted by Gasteiger charge is -2.08. The van der Waals surface area contributed by atoms with Gasteiger partial charge in [-0.3, -0.25) is 14.0 Å².